The zero-order valence-corrected chi connectivity index (χ0v) is 10.5. The fraction of sp³-hybridized carbons (Fsp3) is 0.462. The summed E-state index contributed by atoms with van der Waals surface area (Å²) in [5, 5.41) is 15.2. The van der Waals surface area contributed by atoms with Gasteiger partial charge in [0.1, 0.15) is 5.75 Å². The summed E-state index contributed by atoms with van der Waals surface area (Å²) in [6.45, 7) is 0.817. The van der Waals surface area contributed by atoms with Crippen molar-refractivity contribution in [3.8, 4) is 5.75 Å². The summed E-state index contributed by atoms with van der Waals surface area (Å²) in [7, 11) is 1.58. The van der Waals surface area contributed by atoms with E-state index in [0.29, 0.717) is 17.4 Å². The summed E-state index contributed by atoms with van der Waals surface area (Å²) >= 11 is 0. The molecule has 98 valence electrons. The van der Waals surface area contributed by atoms with Crippen molar-refractivity contribution >= 4 is 5.84 Å². The zero-order valence-electron chi connectivity index (χ0n) is 10.5. The average Bonchev–Trinajstić information content (AvgIpc) is 2.35. The van der Waals surface area contributed by atoms with E-state index in [0.717, 1.165) is 12.1 Å². The second kappa shape index (κ2) is 5.73. The molecule has 0 aromatic heterocycles. The van der Waals surface area contributed by atoms with Crippen LogP contribution in [-0.4, -0.2) is 24.2 Å². The van der Waals surface area contributed by atoms with Gasteiger partial charge >= 0.3 is 0 Å². The minimum Gasteiger partial charge on any atom is -0.496 e. The van der Waals surface area contributed by atoms with Gasteiger partial charge in [-0.2, -0.15) is 0 Å². The minimum atomic E-state index is 0.0605. The molecule has 0 aliphatic heterocycles. The summed E-state index contributed by atoms with van der Waals surface area (Å²) in [6, 6.07) is 6.34. The van der Waals surface area contributed by atoms with Gasteiger partial charge in [0.25, 0.3) is 0 Å². The number of nitrogens with zero attached hydrogens (tertiary/aromatic N) is 1. The fourth-order valence-corrected chi connectivity index (χ4v) is 1.99. The number of oxime groups is 1. The second-order valence-corrected chi connectivity index (χ2v) is 4.53. The summed E-state index contributed by atoms with van der Waals surface area (Å²) in [5.41, 5.74) is 7.31. The van der Waals surface area contributed by atoms with Gasteiger partial charge in [0.05, 0.1) is 12.7 Å². The minimum absolute atomic E-state index is 0.0605. The highest BCUT2D eigenvalue weighted by molar-refractivity contribution is 5.99. The fourth-order valence-electron chi connectivity index (χ4n) is 1.99. The molecule has 5 nitrogen and oxygen atoms in total. The van der Waals surface area contributed by atoms with Crippen molar-refractivity contribution in [2.45, 2.75) is 31.8 Å². The Kier molecular flexibility index (Phi) is 4.04. The monoisotopic (exact) mass is 249 g/mol. The van der Waals surface area contributed by atoms with Crippen LogP contribution in [0.2, 0.25) is 0 Å². The van der Waals surface area contributed by atoms with Crippen LogP contribution in [0, 0.1) is 0 Å². The Balaban J connectivity index is 2.08. The van der Waals surface area contributed by atoms with Gasteiger partial charge in [0.15, 0.2) is 5.84 Å². The molecule has 5 heteroatoms. The number of ether oxygens (including phenoxy) is 1. The number of amidine groups is 1. The van der Waals surface area contributed by atoms with E-state index in [-0.39, 0.29) is 5.84 Å². The molecule has 0 saturated heterocycles. The normalized spacial score (nSPS) is 16.4. The number of methoxy groups -OCH3 is 1. The van der Waals surface area contributed by atoms with Crippen molar-refractivity contribution in [3.05, 3.63) is 29.3 Å². The van der Waals surface area contributed by atoms with Crippen molar-refractivity contribution in [2.24, 2.45) is 10.9 Å². The van der Waals surface area contributed by atoms with Crippen LogP contribution < -0.4 is 15.8 Å². The number of nitrogens with two attached hydrogens (primary N) is 1. The van der Waals surface area contributed by atoms with Crippen LogP contribution in [0.1, 0.15) is 30.4 Å². The smallest absolute Gasteiger partial charge is 0.173 e. The molecule has 0 radical (unpaired) electrons. The largest absolute Gasteiger partial charge is 0.496 e. The molecule has 1 aromatic rings. The standard InChI is InChI=1S/C13H19N3O2/c1-18-12-7-9(8-15-10-3-2-4-10)5-6-11(12)13(14)16-17/h5-7,10,15,17H,2-4,8H2,1H3,(H2,14,16). The summed E-state index contributed by atoms with van der Waals surface area (Å²) < 4.78 is 5.26. The first-order valence-corrected chi connectivity index (χ1v) is 6.12. The van der Waals surface area contributed by atoms with Crippen LogP contribution >= 0.6 is 0 Å². The van der Waals surface area contributed by atoms with E-state index in [2.05, 4.69) is 10.5 Å². The highest BCUT2D eigenvalue weighted by Crippen LogP contribution is 2.22. The molecule has 0 unspecified atom stereocenters. The number of rotatable bonds is 5. The van der Waals surface area contributed by atoms with E-state index in [4.69, 9.17) is 15.7 Å². The topological polar surface area (TPSA) is 79.9 Å². The molecule has 1 aliphatic rings. The molecule has 0 bridgehead atoms. The molecule has 1 aliphatic carbocycles. The van der Waals surface area contributed by atoms with Crippen molar-refractivity contribution in [3.63, 3.8) is 0 Å². The van der Waals surface area contributed by atoms with Crippen LogP contribution in [-0.2, 0) is 6.54 Å². The van der Waals surface area contributed by atoms with Crippen LogP contribution in [0.4, 0.5) is 0 Å². The third kappa shape index (κ3) is 2.73. The van der Waals surface area contributed by atoms with E-state index in [1.807, 2.05) is 18.2 Å². The Labute approximate surface area is 107 Å². The first kappa shape index (κ1) is 12.7. The summed E-state index contributed by atoms with van der Waals surface area (Å²) in [5.74, 6) is 0.684. The molecule has 0 atom stereocenters. The van der Waals surface area contributed by atoms with Crippen LogP contribution in [0.5, 0.6) is 5.75 Å². The third-order valence-electron chi connectivity index (χ3n) is 3.35. The lowest BCUT2D eigenvalue weighted by Crippen LogP contribution is -2.34. The van der Waals surface area contributed by atoms with E-state index < -0.39 is 0 Å². The molecular weight excluding hydrogens is 230 g/mol. The van der Waals surface area contributed by atoms with E-state index >= 15 is 0 Å². The average molecular weight is 249 g/mol. The summed E-state index contributed by atoms with van der Waals surface area (Å²) in [4.78, 5) is 0. The zero-order chi connectivity index (χ0) is 13.0. The maximum absolute atomic E-state index is 8.69. The van der Waals surface area contributed by atoms with Gasteiger partial charge in [-0.15, -0.1) is 0 Å². The number of benzene rings is 1. The van der Waals surface area contributed by atoms with Gasteiger partial charge in [0.2, 0.25) is 0 Å². The van der Waals surface area contributed by atoms with Gasteiger partial charge in [0, 0.05) is 12.6 Å². The Hall–Kier alpha value is -1.75. The highest BCUT2D eigenvalue weighted by atomic mass is 16.5. The van der Waals surface area contributed by atoms with Gasteiger partial charge in [-0.05, 0) is 30.5 Å². The molecule has 4 N–H and O–H groups in total. The number of hydrogen-bond donors (Lipinski definition) is 3. The van der Waals surface area contributed by atoms with E-state index in [1.54, 1.807) is 7.11 Å². The molecule has 1 saturated carbocycles. The predicted molar refractivity (Wildman–Crippen MR) is 70.0 cm³/mol. The van der Waals surface area contributed by atoms with E-state index in [1.165, 1.54) is 19.3 Å². The lowest BCUT2D eigenvalue weighted by atomic mass is 9.93. The maximum atomic E-state index is 8.69. The SMILES string of the molecule is COc1cc(CNC2CCC2)ccc1/C(N)=N/O. The Morgan fingerprint density at radius 3 is 2.89 bits per heavy atom. The van der Waals surface area contributed by atoms with Gasteiger partial charge in [-0.3, -0.25) is 0 Å². The number of nitrogens with one attached hydrogen (secondary N) is 1. The molecule has 2 rings (SSSR count). The van der Waals surface area contributed by atoms with Crippen LogP contribution in [0.3, 0.4) is 0 Å². The van der Waals surface area contributed by atoms with Gasteiger partial charge in [-0.1, -0.05) is 17.6 Å². The molecule has 0 amide bonds. The molecule has 18 heavy (non-hydrogen) atoms. The molecule has 0 heterocycles. The quantitative estimate of drug-likeness (QED) is 0.319. The summed E-state index contributed by atoms with van der Waals surface area (Å²) in [6.07, 6.45) is 3.85. The highest BCUT2D eigenvalue weighted by Gasteiger charge is 2.16. The second-order valence-electron chi connectivity index (χ2n) is 4.53. The van der Waals surface area contributed by atoms with Crippen molar-refractivity contribution in [2.75, 3.05) is 7.11 Å². The van der Waals surface area contributed by atoms with E-state index in [9.17, 15) is 0 Å². The van der Waals surface area contributed by atoms with Crippen molar-refractivity contribution < 1.29 is 9.94 Å². The molecule has 0 spiro atoms. The third-order valence-corrected chi connectivity index (χ3v) is 3.35. The van der Waals surface area contributed by atoms with Crippen molar-refractivity contribution in [1.82, 2.24) is 5.32 Å². The Morgan fingerprint density at radius 1 is 1.56 bits per heavy atom. The first-order valence-electron chi connectivity index (χ1n) is 6.12. The van der Waals surface area contributed by atoms with Crippen LogP contribution in [0.15, 0.2) is 23.4 Å². The predicted octanol–water partition coefficient (Wildman–Crippen LogP) is 1.43. The van der Waals surface area contributed by atoms with Crippen molar-refractivity contribution in [1.29, 1.82) is 0 Å². The lowest BCUT2D eigenvalue weighted by Gasteiger charge is -2.26. The maximum Gasteiger partial charge on any atom is 0.173 e. The van der Waals surface area contributed by atoms with Gasteiger partial charge < -0.3 is 21.0 Å². The van der Waals surface area contributed by atoms with Gasteiger partial charge in [-0.25, -0.2) is 0 Å². The van der Waals surface area contributed by atoms with Crippen LogP contribution in [0.25, 0.3) is 0 Å². The molecule has 1 fully saturated rings. The first-order chi connectivity index (χ1) is 8.74. The molecular formula is C13H19N3O2. The molecule has 1 aromatic carbocycles. The number of hydrogen-bond acceptors (Lipinski definition) is 4. The lowest BCUT2D eigenvalue weighted by molar-refractivity contribution is 0.318. The Bertz CT molecular complexity index is 442. The Morgan fingerprint density at radius 2 is 2.33 bits per heavy atom.